The highest BCUT2D eigenvalue weighted by molar-refractivity contribution is 7.99. The first-order chi connectivity index (χ1) is 11.6. The van der Waals surface area contributed by atoms with Crippen LogP contribution < -0.4 is 10.6 Å². The highest BCUT2D eigenvalue weighted by Crippen LogP contribution is 1.97. The van der Waals surface area contributed by atoms with Crippen molar-refractivity contribution in [3.05, 3.63) is 12.7 Å². The van der Waals surface area contributed by atoms with Crippen LogP contribution in [-0.4, -0.2) is 99.7 Å². The number of rotatable bonds is 10. The summed E-state index contributed by atoms with van der Waals surface area (Å²) in [6.45, 7) is 9.95. The second-order valence-corrected chi connectivity index (χ2v) is 6.77. The van der Waals surface area contributed by atoms with Crippen LogP contribution in [0.4, 0.5) is 0 Å². The molecule has 1 amide bonds. The van der Waals surface area contributed by atoms with E-state index in [2.05, 4.69) is 27.1 Å². The molecular formula is C16H31N5O2S. The number of hydrogen-bond donors (Lipinski definition) is 2. The van der Waals surface area contributed by atoms with E-state index in [0.717, 1.165) is 57.4 Å². The molecule has 0 spiro atoms. The SMILES string of the molecule is C=CCSCCNC(=NCC(=O)N(C)C)NCCN1CCOCC1. The van der Waals surface area contributed by atoms with Crippen molar-refractivity contribution in [2.75, 3.05) is 78.1 Å². The van der Waals surface area contributed by atoms with Gasteiger partial charge in [-0.15, -0.1) is 6.58 Å². The maximum Gasteiger partial charge on any atom is 0.243 e. The minimum atomic E-state index is -0.00897. The lowest BCUT2D eigenvalue weighted by molar-refractivity contribution is -0.127. The second kappa shape index (κ2) is 13.1. The maximum absolute atomic E-state index is 11.7. The van der Waals surface area contributed by atoms with Gasteiger partial charge in [-0.2, -0.15) is 11.8 Å². The summed E-state index contributed by atoms with van der Waals surface area (Å²) in [7, 11) is 3.48. The molecule has 24 heavy (non-hydrogen) atoms. The van der Waals surface area contributed by atoms with E-state index in [1.807, 2.05) is 17.8 Å². The number of amides is 1. The van der Waals surface area contributed by atoms with Gasteiger partial charge < -0.3 is 20.3 Å². The lowest BCUT2D eigenvalue weighted by Crippen LogP contribution is -2.45. The van der Waals surface area contributed by atoms with E-state index < -0.39 is 0 Å². The molecule has 0 aliphatic carbocycles. The average molecular weight is 358 g/mol. The average Bonchev–Trinajstić information content (AvgIpc) is 2.59. The van der Waals surface area contributed by atoms with Gasteiger partial charge in [0, 0.05) is 58.3 Å². The molecule has 1 heterocycles. The predicted octanol–water partition coefficient (Wildman–Crippen LogP) is -0.139. The van der Waals surface area contributed by atoms with Crippen molar-refractivity contribution in [1.29, 1.82) is 0 Å². The molecule has 0 aromatic carbocycles. The number of carbonyl (C=O) groups is 1. The Kier molecular flexibility index (Phi) is 11.3. The number of thioether (sulfide) groups is 1. The van der Waals surface area contributed by atoms with Crippen molar-refractivity contribution in [2.24, 2.45) is 4.99 Å². The maximum atomic E-state index is 11.7. The molecule has 0 unspecified atom stereocenters. The van der Waals surface area contributed by atoms with E-state index in [0.29, 0.717) is 5.96 Å². The van der Waals surface area contributed by atoms with Crippen LogP contribution in [0.1, 0.15) is 0 Å². The summed E-state index contributed by atoms with van der Waals surface area (Å²) in [6, 6.07) is 0. The lowest BCUT2D eigenvalue weighted by Gasteiger charge is -2.26. The number of aliphatic imine (C=N–C) groups is 1. The zero-order valence-electron chi connectivity index (χ0n) is 14.9. The molecule has 8 heteroatoms. The molecule has 0 saturated carbocycles. The number of hydrogen-bond acceptors (Lipinski definition) is 5. The number of nitrogens with one attached hydrogen (secondary N) is 2. The summed E-state index contributed by atoms with van der Waals surface area (Å²) in [4.78, 5) is 20.0. The van der Waals surface area contributed by atoms with E-state index in [1.165, 1.54) is 0 Å². The molecule has 0 bridgehead atoms. The Bertz CT molecular complexity index is 398. The van der Waals surface area contributed by atoms with Gasteiger partial charge in [-0.3, -0.25) is 9.69 Å². The molecule has 0 radical (unpaired) electrons. The summed E-state index contributed by atoms with van der Waals surface area (Å²) in [6.07, 6.45) is 1.90. The zero-order chi connectivity index (χ0) is 17.6. The van der Waals surface area contributed by atoms with Crippen LogP contribution in [0.15, 0.2) is 17.6 Å². The van der Waals surface area contributed by atoms with Gasteiger partial charge in [0.2, 0.25) is 5.91 Å². The van der Waals surface area contributed by atoms with Gasteiger partial charge in [0.1, 0.15) is 6.54 Å². The van der Waals surface area contributed by atoms with E-state index in [9.17, 15) is 4.79 Å². The van der Waals surface area contributed by atoms with Crippen LogP contribution in [-0.2, 0) is 9.53 Å². The summed E-state index contributed by atoms with van der Waals surface area (Å²) >= 11 is 1.81. The van der Waals surface area contributed by atoms with Gasteiger partial charge >= 0.3 is 0 Å². The van der Waals surface area contributed by atoms with Crippen LogP contribution in [0.3, 0.4) is 0 Å². The minimum absolute atomic E-state index is 0.00897. The smallest absolute Gasteiger partial charge is 0.243 e. The molecule has 0 aromatic heterocycles. The molecule has 0 atom stereocenters. The van der Waals surface area contributed by atoms with Crippen molar-refractivity contribution in [2.45, 2.75) is 0 Å². The molecule has 138 valence electrons. The van der Waals surface area contributed by atoms with Gasteiger partial charge in [-0.1, -0.05) is 6.08 Å². The molecule has 1 aliphatic heterocycles. The molecule has 7 nitrogen and oxygen atoms in total. The molecule has 1 fully saturated rings. The van der Waals surface area contributed by atoms with Crippen LogP contribution in [0.5, 0.6) is 0 Å². The van der Waals surface area contributed by atoms with Gasteiger partial charge in [0.25, 0.3) is 0 Å². The van der Waals surface area contributed by atoms with Gasteiger partial charge in [-0.05, 0) is 0 Å². The van der Waals surface area contributed by atoms with Gasteiger partial charge in [0.15, 0.2) is 5.96 Å². The third-order valence-corrected chi connectivity index (χ3v) is 4.43. The number of ether oxygens (including phenoxy) is 1. The summed E-state index contributed by atoms with van der Waals surface area (Å²) in [5.74, 6) is 2.60. The number of carbonyl (C=O) groups excluding carboxylic acids is 1. The second-order valence-electron chi connectivity index (χ2n) is 5.62. The van der Waals surface area contributed by atoms with Crippen molar-refractivity contribution in [3.8, 4) is 0 Å². The van der Waals surface area contributed by atoms with E-state index >= 15 is 0 Å². The van der Waals surface area contributed by atoms with Gasteiger partial charge in [-0.25, -0.2) is 4.99 Å². The largest absolute Gasteiger partial charge is 0.379 e. The third-order valence-electron chi connectivity index (χ3n) is 3.47. The quantitative estimate of drug-likeness (QED) is 0.246. The lowest BCUT2D eigenvalue weighted by atomic mass is 10.4. The number of morpholine rings is 1. The monoisotopic (exact) mass is 357 g/mol. The molecule has 1 saturated heterocycles. The summed E-state index contributed by atoms with van der Waals surface area (Å²) < 4.78 is 5.35. The number of guanidine groups is 1. The third kappa shape index (κ3) is 9.79. The fraction of sp³-hybridized carbons (Fsp3) is 0.750. The molecule has 1 rings (SSSR count). The highest BCUT2D eigenvalue weighted by Gasteiger charge is 2.10. The van der Waals surface area contributed by atoms with Crippen LogP contribution >= 0.6 is 11.8 Å². The number of likely N-dealkylation sites (N-methyl/N-ethyl adjacent to an activating group) is 1. The zero-order valence-corrected chi connectivity index (χ0v) is 15.7. The normalized spacial score (nSPS) is 15.8. The van der Waals surface area contributed by atoms with Gasteiger partial charge in [0.05, 0.1) is 13.2 Å². The first-order valence-corrected chi connectivity index (χ1v) is 9.50. The predicted molar refractivity (Wildman–Crippen MR) is 102 cm³/mol. The first kappa shape index (κ1) is 20.8. The molecule has 0 aromatic rings. The van der Waals surface area contributed by atoms with E-state index in [-0.39, 0.29) is 12.5 Å². The fourth-order valence-electron chi connectivity index (χ4n) is 2.03. The fourth-order valence-corrected chi connectivity index (χ4v) is 2.61. The van der Waals surface area contributed by atoms with Crippen molar-refractivity contribution in [3.63, 3.8) is 0 Å². The number of nitrogens with zero attached hydrogens (tertiary/aromatic N) is 3. The summed E-state index contributed by atoms with van der Waals surface area (Å²) in [5.41, 5.74) is 0. The van der Waals surface area contributed by atoms with Crippen LogP contribution in [0, 0.1) is 0 Å². The Labute approximate surface area is 149 Å². The Balaban J connectivity index is 2.35. The van der Waals surface area contributed by atoms with Crippen LogP contribution in [0.25, 0.3) is 0 Å². The van der Waals surface area contributed by atoms with Crippen LogP contribution in [0.2, 0.25) is 0 Å². The Morgan fingerprint density at radius 2 is 2.04 bits per heavy atom. The standard InChI is InChI=1S/C16H31N5O2S/c1-4-12-24-13-6-18-16(19-14-15(22)20(2)3)17-5-7-21-8-10-23-11-9-21/h4H,1,5-14H2,2-3H3,(H2,17,18,19). The molecule has 1 aliphatic rings. The minimum Gasteiger partial charge on any atom is -0.379 e. The topological polar surface area (TPSA) is 69.2 Å². The summed E-state index contributed by atoms with van der Waals surface area (Å²) in [5, 5.41) is 6.59. The van der Waals surface area contributed by atoms with Crippen molar-refractivity contribution >= 4 is 23.6 Å². The highest BCUT2D eigenvalue weighted by atomic mass is 32.2. The van der Waals surface area contributed by atoms with E-state index in [4.69, 9.17) is 4.74 Å². The van der Waals surface area contributed by atoms with E-state index in [1.54, 1.807) is 19.0 Å². The van der Waals surface area contributed by atoms with Crippen molar-refractivity contribution in [1.82, 2.24) is 20.4 Å². The first-order valence-electron chi connectivity index (χ1n) is 8.34. The Morgan fingerprint density at radius 3 is 2.71 bits per heavy atom. The molecular weight excluding hydrogens is 326 g/mol. The Morgan fingerprint density at radius 1 is 1.33 bits per heavy atom. The van der Waals surface area contributed by atoms with Crippen molar-refractivity contribution < 1.29 is 9.53 Å². The Hall–Kier alpha value is -1.25. The molecule has 2 N–H and O–H groups in total.